The summed E-state index contributed by atoms with van der Waals surface area (Å²) < 4.78 is 0. The Morgan fingerprint density at radius 2 is 1.75 bits per heavy atom. The van der Waals surface area contributed by atoms with E-state index in [2.05, 4.69) is 5.32 Å². The second kappa shape index (κ2) is 8.50. The summed E-state index contributed by atoms with van der Waals surface area (Å²) in [6, 6.07) is 16.3. The molecule has 2 amide bonds. The van der Waals surface area contributed by atoms with Crippen molar-refractivity contribution in [2.75, 3.05) is 7.05 Å². The van der Waals surface area contributed by atoms with Gasteiger partial charge in [0.1, 0.15) is 6.04 Å². The van der Waals surface area contributed by atoms with Gasteiger partial charge < -0.3 is 10.2 Å². The van der Waals surface area contributed by atoms with Crippen LogP contribution in [-0.4, -0.2) is 29.8 Å². The van der Waals surface area contributed by atoms with Crippen molar-refractivity contribution in [2.24, 2.45) is 0 Å². The van der Waals surface area contributed by atoms with Crippen molar-refractivity contribution in [2.45, 2.75) is 25.9 Å². The number of halogens is 1. The van der Waals surface area contributed by atoms with Gasteiger partial charge >= 0.3 is 0 Å². The fourth-order valence-corrected chi connectivity index (χ4v) is 2.71. The van der Waals surface area contributed by atoms with Gasteiger partial charge in [-0.05, 0) is 30.2 Å². The van der Waals surface area contributed by atoms with Crippen molar-refractivity contribution in [3.8, 4) is 0 Å². The Morgan fingerprint density at radius 3 is 2.38 bits per heavy atom. The Hall–Kier alpha value is -2.33. The van der Waals surface area contributed by atoms with E-state index >= 15 is 0 Å². The Bertz CT molecular complexity index is 704. The van der Waals surface area contributed by atoms with Crippen molar-refractivity contribution in [1.29, 1.82) is 0 Å². The first kappa shape index (κ1) is 18.0. The Kier molecular flexibility index (Phi) is 6.38. The second-order valence-corrected chi connectivity index (χ2v) is 6.04. The third-order valence-corrected chi connectivity index (χ3v) is 4.09. The quantitative estimate of drug-likeness (QED) is 0.875. The summed E-state index contributed by atoms with van der Waals surface area (Å²) in [5, 5.41) is 3.21. The predicted octanol–water partition coefficient (Wildman–Crippen LogP) is 3.05. The van der Waals surface area contributed by atoms with Crippen LogP contribution in [-0.2, 0) is 22.6 Å². The third-order valence-electron chi connectivity index (χ3n) is 3.85. The molecule has 24 heavy (non-hydrogen) atoms. The molecule has 1 atom stereocenters. The number of carbonyl (C=O) groups is 2. The van der Waals surface area contributed by atoms with Crippen molar-refractivity contribution < 1.29 is 9.59 Å². The molecule has 0 aromatic heterocycles. The lowest BCUT2D eigenvalue weighted by molar-refractivity contribution is -0.139. The third kappa shape index (κ3) is 4.83. The minimum atomic E-state index is -0.565. The number of hydrogen-bond acceptors (Lipinski definition) is 2. The average Bonchev–Trinajstić information content (AvgIpc) is 2.59. The van der Waals surface area contributed by atoms with Gasteiger partial charge in [-0.15, -0.1) is 0 Å². The molecule has 0 aliphatic rings. The molecule has 0 aliphatic heterocycles. The number of amides is 2. The lowest BCUT2D eigenvalue weighted by Gasteiger charge is -2.28. The monoisotopic (exact) mass is 344 g/mol. The molecule has 0 fully saturated rings. The smallest absolute Gasteiger partial charge is 0.242 e. The largest absolute Gasteiger partial charge is 0.357 e. The van der Waals surface area contributed by atoms with Gasteiger partial charge in [-0.1, -0.05) is 54.1 Å². The lowest BCUT2D eigenvalue weighted by atomic mass is 10.1. The molecular formula is C19H21ClN2O2. The van der Waals surface area contributed by atoms with Crippen LogP contribution < -0.4 is 5.32 Å². The molecule has 1 N–H and O–H groups in total. The van der Waals surface area contributed by atoms with Gasteiger partial charge in [0.15, 0.2) is 0 Å². The molecule has 0 radical (unpaired) electrons. The number of benzene rings is 2. The lowest BCUT2D eigenvalue weighted by Crippen LogP contribution is -2.47. The van der Waals surface area contributed by atoms with Crippen LogP contribution in [0.3, 0.4) is 0 Å². The molecule has 2 aromatic carbocycles. The highest BCUT2D eigenvalue weighted by molar-refractivity contribution is 6.30. The average molecular weight is 345 g/mol. The van der Waals surface area contributed by atoms with E-state index in [0.717, 1.165) is 11.1 Å². The van der Waals surface area contributed by atoms with Crippen LogP contribution in [0.2, 0.25) is 5.02 Å². The molecule has 2 rings (SSSR count). The van der Waals surface area contributed by atoms with Crippen LogP contribution in [0.25, 0.3) is 0 Å². The first-order valence-electron chi connectivity index (χ1n) is 7.80. The van der Waals surface area contributed by atoms with Crippen LogP contribution in [0.15, 0.2) is 54.6 Å². The van der Waals surface area contributed by atoms with E-state index in [-0.39, 0.29) is 18.2 Å². The fourth-order valence-electron chi connectivity index (χ4n) is 2.50. The standard InChI is InChI=1S/C19H21ClN2O2/c1-14(19(24)21-2)22(13-16-9-6-10-17(20)11-16)18(23)12-15-7-4-3-5-8-15/h3-11,14H,12-13H2,1-2H3,(H,21,24)/t14-/m1/s1. The molecule has 0 heterocycles. The number of rotatable bonds is 6. The van der Waals surface area contributed by atoms with E-state index in [1.54, 1.807) is 31.0 Å². The highest BCUT2D eigenvalue weighted by Crippen LogP contribution is 2.16. The minimum absolute atomic E-state index is 0.0997. The first-order chi connectivity index (χ1) is 11.5. The van der Waals surface area contributed by atoms with E-state index in [0.29, 0.717) is 11.6 Å². The number of likely N-dealkylation sites (N-methyl/N-ethyl adjacent to an activating group) is 1. The molecule has 0 spiro atoms. The highest BCUT2D eigenvalue weighted by atomic mass is 35.5. The molecule has 2 aromatic rings. The fraction of sp³-hybridized carbons (Fsp3) is 0.263. The van der Waals surface area contributed by atoms with Crippen molar-refractivity contribution in [3.63, 3.8) is 0 Å². The van der Waals surface area contributed by atoms with Gasteiger partial charge in [0.2, 0.25) is 11.8 Å². The predicted molar refractivity (Wildman–Crippen MR) is 95.7 cm³/mol. The minimum Gasteiger partial charge on any atom is -0.357 e. The maximum atomic E-state index is 12.8. The summed E-state index contributed by atoms with van der Waals surface area (Å²) in [5.74, 6) is -0.296. The summed E-state index contributed by atoms with van der Waals surface area (Å²) in [6.07, 6.45) is 0.253. The summed E-state index contributed by atoms with van der Waals surface area (Å²) in [4.78, 5) is 26.4. The van der Waals surface area contributed by atoms with E-state index < -0.39 is 6.04 Å². The summed E-state index contributed by atoms with van der Waals surface area (Å²) in [5.41, 5.74) is 1.81. The highest BCUT2D eigenvalue weighted by Gasteiger charge is 2.25. The zero-order valence-electron chi connectivity index (χ0n) is 13.8. The van der Waals surface area contributed by atoms with E-state index in [4.69, 9.17) is 11.6 Å². The van der Waals surface area contributed by atoms with Gasteiger partial charge in [0.25, 0.3) is 0 Å². The topological polar surface area (TPSA) is 49.4 Å². The number of carbonyl (C=O) groups excluding carboxylic acids is 2. The second-order valence-electron chi connectivity index (χ2n) is 5.60. The van der Waals surface area contributed by atoms with Crippen molar-refractivity contribution in [1.82, 2.24) is 10.2 Å². The zero-order valence-corrected chi connectivity index (χ0v) is 14.6. The maximum absolute atomic E-state index is 12.8. The van der Waals surface area contributed by atoms with Crippen LogP contribution in [0, 0.1) is 0 Å². The molecule has 4 nitrogen and oxygen atoms in total. The van der Waals surface area contributed by atoms with Crippen LogP contribution >= 0.6 is 11.6 Å². The Balaban J connectivity index is 2.21. The van der Waals surface area contributed by atoms with Crippen LogP contribution in [0.4, 0.5) is 0 Å². The Morgan fingerprint density at radius 1 is 1.08 bits per heavy atom. The molecule has 0 saturated heterocycles. The summed E-state index contributed by atoms with van der Waals surface area (Å²) in [7, 11) is 1.57. The molecule has 0 aliphatic carbocycles. The van der Waals surface area contributed by atoms with Crippen LogP contribution in [0.5, 0.6) is 0 Å². The van der Waals surface area contributed by atoms with E-state index in [9.17, 15) is 9.59 Å². The molecule has 5 heteroatoms. The molecular weight excluding hydrogens is 324 g/mol. The Labute approximate surface area is 147 Å². The summed E-state index contributed by atoms with van der Waals surface area (Å²) in [6.45, 7) is 2.06. The van der Waals surface area contributed by atoms with E-state index in [1.165, 1.54) is 0 Å². The van der Waals surface area contributed by atoms with Gasteiger partial charge in [-0.3, -0.25) is 9.59 Å². The van der Waals surface area contributed by atoms with Gasteiger partial charge in [-0.25, -0.2) is 0 Å². The number of hydrogen-bond donors (Lipinski definition) is 1. The molecule has 0 saturated carbocycles. The number of nitrogens with zero attached hydrogens (tertiary/aromatic N) is 1. The van der Waals surface area contributed by atoms with Crippen molar-refractivity contribution >= 4 is 23.4 Å². The summed E-state index contributed by atoms with van der Waals surface area (Å²) >= 11 is 6.02. The molecule has 0 unspecified atom stereocenters. The first-order valence-corrected chi connectivity index (χ1v) is 8.18. The van der Waals surface area contributed by atoms with E-state index in [1.807, 2.05) is 42.5 Å². The normalized spacial score (nSPS) is 11.6. The molecule has 0 bridgehead atoms. The maximum Gasteiger partial charge on any atom is 0.242 e. The zero-order chi connectivity index (χ0) is 17.5. The van der Waals surface area contributed by atoms with Crippen molar-refractivity contribution in [3.05, 3.63) is 70.7 Å². The van der Waals surface area contributed by atoms with Gasteiger partial charge in [-0.2, -0.15) is 0 Å². The van der Waals surface area contributed by atoms with Gasteiger partial charge in [0.05, 0.1) is 6.42 Å². The van der Waals surface area contributed by atoms with Crippen LogP contribution in [0.1, 0.15) is 18.1 Å². The SMILES string of the molecule is CNC(=O)[C@@H](C)N(Cc1cccc(Cl)c1)C(=O)Cc1ccccc1. The number of nitrogens with one attached hydrogen (secondary N) is 1. The molecule has 126 valence electrons. The van der Waals surface area contributed by atoms with Gasteiger partial charge in [0, 0.05) is 18.6 Å².